The molecule has 1 rings (SSSR count). The molecule has 0 amide bonds. The Morgan fingerprint density at radius 1 is 1.62 bits per heavy atom. The van der Waals surface area contributed by atoms with E-state index in [-0.39, 0.29) is 5.78 Å². The number of ketones is 1. The molecule has 13 heavy (non-hydrogen) atoms. The Morgan fingerprint density at radius 2 is 2.38 bits per heavy atom. The zero-order chi connectivity index (χ0) is 9.68. The topological polar surface area (TPSA) is 30.2 Å². The fourth-order valence-electron chi connectivity index (χ4n) is 1.19. The molecule has 72 valence electrons. The van der Waals surface area contributed by atoms with Crippen LogP contribution in [-0.2, 0) is 6.42 Å². The highest BCUT2D eigenvalue weighted by Crippen LogP contribution is 2.14. The summed E-state index contributed by atoms with van der Waals surface area (Å²) >= 11 is 1.69. The van der Waals surface area contributed by atoms with Gasteiger partial charge in [-0.25, -0.2) is 0 Å². The normalized spacial score (nSPS) is 10.3. The van der Waals surface area contributed by atoms with Gasteiger partial charge in [-0.2, -0.15) is 11.8 Å². The Kier molecular flexibility index (Phi) is 4.09. The van der Waals surface area contributed by atoms with E-state index >= 15 is 0 Å². The van der Waals surface area contributed by atoms with Gasteiger partial charge >= 0.3 is 0 Å². The third kappa shape index (κ3) is 2.62. The van der Waals surface area contributed by atoms with Crippen LogP contribution in [0.3, 0.4) is 0 Å². The summed E-state index contributed by atoms with van der Waals surface area (Å²) in [7, 11) is 0. The molecule has 0 atom stereocenters. The first-order valence-electron chi connectivity index (χ1n) is 4.38. The number of carbonyl (C=O) groups excluding carboxylic acids is 1. The second kappa shape index (κ2) is 5.12. The van der Waals surface area contributed by atoms with Crippen molar-refractivity contribution < 1.29 is 9.21 Å². The fraction of sp³-hybridized carbons (Fsp3) is 0.500. The number of rotatable bonds is 5. The molecule has 0 fully saturated rings. The maximum atomic E-state index is 11.6. The van der Waals surface area contributed by atoms with Crippen molar-refractivity contribution in [3.63, 3.8) is 0 Å². The predicted octanol–water partition coefficient (Wildman–Crippen LogP) is 2.78. The minimum absolute atomic E-state index is 0.194. The predicted molar refractivity (Wildman–Crippen MR) is 55.4 cm³/mol. The van der Waals surface area contributed by atoms with E-state index in [0.29, 0.717) is 6.42 Å². The number of Topliss-reactive ketones (excluding diaryl/α,β-unsaturated/α-hetero) is 1. The summed E-state index contributed by atoms with van der Waals surface area (Å²) in [5.74, 6) is 1.89. The highest BCUT2D eigenvalue weighted by Gasteiger charge is 2.11. The van der Waals surface area contributed by atoms with Gasteiger partial charge in [0.1, 0.15) is 5.76 Å². The minimum atomic E-state index is 0.194. The molecular weight excluding hydrogens is 184 g/mol. The molecule has 1 heterocycles. The first-order chi connectivity index (χ1) is 6.29. The van der Waals surface area contributed by atoms with Gasteiger partial charge in [-0.15, -0.1) is 0 Å². The van der Waals surface area contributed by atoms with Crippen LogP contribution < -0.4 is 0 Å². The van der Waals surface area contributed by atoms with Gasteiger partial charge in [-0.3, -0.25) is 4.79 Å². The molecule has 0 unspecified atom stereocenters. The third-order valence-electron chi connectivity index (χ3n) is 1.90. The summed E-state index contributed by atoms with van der Waals surface area (Å²) in [5, 5.41) is 0. The van der Waals surface area contributed by atoms with E-state index in [1.807, 2.05) is 13.2 Å². The zero-order valence-corrected chi connectivity index (χ0v) is 8.82. The summed E-state index contributed by atoms with van der Waals surface area (Å²) in [6.45, 7) is 1.99. The Morgan fingerprint density at radius 3 is 3.00 bits per heavy atom. The number of hydrogen-bond donors (Lipinski definition) is 0. The van der Waals surface area contributed by atoms with Gasteiger partial charge in [0, 0.05) is 18.6 Å². The maximum absolute atomic E-state index is 11.6. The molecule has 0 aliphatic heterocycles. The number of carbonyl (C=O) groups is 1. The van der Waals surface area contributed by atoms with Crippen molar-refractivity contribution in [1.82, 2.24) is 0 Å². The van der Waals surface area contributed by atoms with Crippen LogP contribution in [0.15, 0.2) is 16.7 Å². The molecule has 0 spiro atoms. The highest BCUT2D eigenvalue weighted by atomic mass is 32.2. The molecule has 1 aromatic rings. The Bertz CT molecular complexity index is 278. The van der Waals surface area contributed by atoms with Crippen LogP contribution in [0.5, 0.6) is 0 Å². The molecule has 0 bridgehead atoms. The maximum Gasteiger partial charge on any atom is 0.167 e. The standard InChI is InChI=1S/C10H14O2S/c1-3-10-8(4-6-12-10)9(11)5-7-13-2/h4,6H,3,5,7H2,1-2H3. The first-order valence-corrected chi connectivity index (χ1v) is 5.77. The third-order valence-corrected chi connectivity index (χ3v) is 2.51. The van der Waals surface area contributed by atoms with Crippen molar-refractivity contribution in [3.05, 3.63) is 23.7 Å². The Balaban J connectivity index is 2.65. The van der Waals surface area contributed by atoms with Crippen LogP contribution >= 0.6 is 11.8 Å². The van der Waals surface area contributed by atoms with Crippen molar-refractivity contribution in [2.75, 3.05) is 12.0 Å². The van der Waals surface area contributed by atoms with E-state index in [1.165, 1.54) is 0 Å². The van der Waals surface area contributed by atoms with Gasteiger partial charge in [0.15, 0.2) is 5.78 Å². The minimum Gasteiger partial charge on any atom is -0.469 e. The summed E-state index contributed by atoms with van der Waals surface area (Å²) in [4.78, 5) is 11.6. The lowest BCUT2D eigenvalue weighted by atomic mass is 10.1. The van der Waals surface area contributed by atoms with Crippen molar-refractivity contribution in [2.45, 2.75) is 19.8 Å². The quantitative estimate of drug-likeness (QED) is 0.681. The molecule has 0 saturated heterocycles. The van der Waals surface area contributed by atoms with Crippen LogP contribution in [-0.4, -0.2) is 17.8 Å². The van der Waals surface area contributed by atoms with E-state index in [2.05, 4.69) is 0 Å². The van der Waals surface area contributed by atoms with E-state index in [4.69, 9.17) is 4.42 Å². The van der Waals surface area contributed by atoms with E-state index in [9.17, 15) is 4.79 Å². The van der Waals surface area contributed by atoms with Gasteiger partial charge in [0.2, 0.25) is 0 Å². The molecular formula is C10H14O2S. The molecule has 3 heteroatoms. The molecule has 0 N–H and O–H groups in total. The first kappa shape index (κ1) is 10.4. The Hall–Kier alpha value is -0.700. The zero-order valence-electron chi connectivity index (χ0n) is 8.00. The van der Waals surface area contributed by atoms with Gasteiger partial charge in [0.05, 0.1) is 11.8 Å². The number of hydrogen-bond acceptors (Lipinski definition) is 3. The average Bonchev–Trinajstić information content (AvgIpc) is 2.61. The lowest BCUT2D eigenvalue weighted by Gasteiger charge is -1.98. The molecule has 0 saturated carbocycles. The van der Waals surface area contributed by atoms with Crippen molar-refractivity contribution >= 4 is 17.5 Å². The summed E-state index contributed by atoms with van der Waals surface area (Å²) < 4.78 is 5.19. The van der Waals surface area contributed by atoms with E-state index in [1.54, 1.807) is 24.1 Å². The molecule has 0 aromatic carbocycles. The second-order valence-electron chi connectivity index (χ2n) is 2.78. The van der Waals surface area contributed by atoms with Gasteiger partial charge < -0.3 is 4.42 Å². The lowest BCUT2D eigenvalue weighted by molar-refractivity contribution is 0.0987. The SMILES string of the molecule is CCc1occc1C(=O)CCSC. The molecule has 1 aromatic heterocycles. The van der Waals surface area contributed by atoms with Crippen LogP contribution in [0.2, 0.25) is 0 Å². The van der Waals surface area contributed by atoms with Crippen molar-refractivity contribution in [1.29, 1.82) is 0 Å². The molecule has 0 radical (unpaired) electrons. The van der Waals surface area contributed by atoms with Crippen molar-refractivity contribution in [3.8, 4) is 0 Å². The second-order valence-corrected chi connectivity index (χ2v) is 3.76. The summed E-state index contributed by atoms with van der Waals surface area (Å²) in [6, 6.07) is 1.77. The summed E-state index contributed by atoms with van der Waals surface area (Å²) in [6.07, 6.45) is 4.98. The smallest absolute Gasteiger partial charge is 0.167 e. The number of thioether (sulfide) groups is 1. The molecule has 0 aliphatic carbocycles. The number of aryl methyl sites for hydroxylation is 1. The van der Waals surface area contributed by atoms with Crippen LogP contribution in [0.1, 0.15) is 29.5 Å². The van der Waals surface area contributed by atoms with Crippen molar-refractivity contribution in [2.24, 2.45) is 0 Å². The van der Waals surface area contributed by atoms with Crippen LogP contribution in [0, 0.1) is 0 Å². The van der Waals surface area contributed by atoms with Gasteiger partial charge in [-0.1, -0.05) is 6.92 Å². The molecule has 2 nitrogen and oxygen atoms in total. The van der Waals surface area contributed by atoms with Gasteiger partial charge in [0.25, 0.3) is 0 Å². The fourth-order valence-corrected chi connectivity index (χ4v) is 1.58. The largest absolute Gasteiger partial charge is 0.469 e. The van der Waals surface area contributed by atoms with Crippen LogP contribution in [0.4, 0.5) is 0 Å². The summed E-state index contributed by atoms with van der Waals surface area (Å²) in [5.41, 5.74) is 0.761. The van der Waals surface area contributed by atoms with Gasteiger partial charge in [-0.05, 0) is 12.3 Å². The highest BCUT2D eigenvalue weighted by molar-refractivity contribution is 7.98. The molecule has 0 aliphatic rings. The van der Waals surface area contributed by atoms with E-state index < -0.39 is 0 Å². The monoisotopic (exact) mass is 198 g/mol. The lowest BCUT2D eigenvalue weighted by Crippen LogP contribution is -2.01. The van der Waals surface area contributed by atoms with Crippen LogP contribution in [0.25, 0.3) is 0 Å². The van der Waals surface area contributed by atoms with E-state index in [0.717, 1.165) is 23.5 Å². The Labute approximate surface area is 82.7 Å². The number of furan rings is 1. The average molecular weight is 198 g/mol.